The van der Waals surface area contributed by atoms with Crippen LogP contribution in [0.1, 0.15) is 22.8 Å². The molecule has 0 unspecified atom stereocenters. The first-order chi connectivity index (χ1) is 10.1. The zero-order valence-electron chi connectivity index (χ0n) is 12.5. The molecule has 2 heterocycles. The van der Waals surface area contributed by atoms with Crippen molar-refractivity contribution in [1.29, 1.82) is 0 Å². The second-order valence-electron chi connectivity index (χ2n) is 5.24. The van der Waals surface area contributed by atoms with Crippen molar-refractivity contribution in [2.75, 3.05) is 0 Å². The molecular formula is C17H18N4. The molecule has 0 fully saturated rings. The zero-order chi connectivity index (χ0) is 14.8. The quantitative estimate of drug-likeness (QED) is 0.739. The molecule has 21 heavy (non-hydrogen) atoms. The van der Waals surface area contributed by atoms with Gasteiger partial charge in [0.05, 0.1) is 5.69 Å². The van der Waals surface area contributed by atoms with E-state index in [0.29, 0.717) is 0 Å². The van der Waals surface area contributed by atoms with Gasteiger partial charge < -0.3 is 0 Å². The maximum Gasteiger partial charge on any atom is 0.147 e. The summed E-state index contributed by atoms with van der Waals surface area (Å²) in [6, 6.07) is 12.5. The summed E-state index contributed by atoms with van der Waals surface area (Å²) >= 11 is 0. The molecule has 3 aromatic rings. The lowest BCUT2D eigenvalue weighted by molar-refractivity contribution is 0.712. The van der Waals surface area contributed by atoms with Crippen LogP contribution in [0.25, 0.3) is 11.3 Å². The predicted octanol–water partition coefficient (Wildman–Crippen LogP) is 3.08. The molecule has 0 saturated carbocycles. The summed E-state index contributed by atoms with van der Waals surface area (Å²) in [6.45, 7) is 4.00. The van der Waals surface area contributed by atoms with E-state index >= 15 is 0 Å². The van der Waals surface area contributed by atoms with Crippen LogP contribution < -0.4 is 0 Å². The summed E-state index contributed by atoms with van der Waals surface area (Å²) in [5.74, 6) is 1.79. The number of benzene rings is 1. The van der Waals surface area contributed by atoms with E-state index in [1.54, 1.807) is 0 Å². The Morgan fingerprint density at radius 1 is 1.05 bits per heavy atom. The van der Waals surface area contributed by atoms with Gasteiger partial charge in [0.2, 0.25) is 0 Å². The lowest BCUT2D eigenvalue weighted by atomic mass is 10.0. The summed E-state index contributed by atoms with van der Waals surface area (Å²) in [6.07, 6.45) is 2.62. The number of pyridine rings is 1. The highest BCUT2D eigenvalue weighted by Crippen LogP contribution is 2.21. The number of aryl methyl sites for hydroxylation is 3. The topological polar surface area (TPSA) is 43.6 Å². The molecule has 4 heteroatoms. The second-order valence-corrected chi connectivity index (χ2v) is 5.24. The highest BCUT2D eigenvalue weighted by Gasteiger charge is 2.06. The zero-order valence-corrected chi connectivity index (χ0v) is 12.5. The lowest BCUT2D eigenvalue weighted by Gasteiger charge is -2.06. The largest absolute Gasteiger partial charge is 0.256 e. The minimum atomic E-state index is 0.790. The monoisotopic (exact) mass is 278 g/mol. The molecular weight excluding hydrogens is 260 g/mol. The fraction of sp³-hybridized carbons (Fsp3) is 0.235. The van der Waals surface area contributed by atoms with Crippen LogP contribution in [-0.2, 0) is 13.5 Å². The smallest absolute Gasteiger partial charge is 0.147 e. The molecule has 0 radical (unpaired) electrons. The van der Waals surface area contributed by atoms with Crippen molar-refractivity contribution >= 4 is 0 Å². The first-order valence-corrected chi connectivity index (χ1v) is 7.01. The molecule has 0 saturated heterocycles. The average Bonchev–Trinajstić information content (AvgIpc) is 2.78. The van der Waals surface area contributed by atoms with Crippen LogP contribution in [0.3, 0.4) is 0 Å². The van der Waals surface area contributed by atoms with Crippen molar-refractivity contribution < 1.29 is 0 Å². The molecule has 0 N–H and O–H groups in total. The van der Waals surface area contributed by atoms with Crippen molar-refractivity contribution in [3.05, 3.63) is 65.4 Å². The van der Waals surface area contributed by atoms with Gasteiger partial charge in [-0.3, -0.25) is 9.67 Å². The summed E-state index contributed by atoms with van der Waals surface area (Å²) in [5.41, 5.74) is 4.60. The Morgan fingerprint density at radius 3 is 2.43 bits per heavy atom. The Bertz CT molecular complexity index is 757. The molecule has 106 valence electrons. The van der Waals surface area contributed by atoms with Crippen molar-refractivity contribution in [1.82, 2.24) is 19.7 Å². The lowest BCUT2D eigenvalue weighted by Crippen LogP contribution is -2.00. The highest BCUT2D eigenvalue weighted by molar-refractivity contribution is 5.62. The number of hydrogen-bond donors (Lipinski definition) is 0. The summed E-state index contributed by atoms with van der Waals surface area (Å²) in [5, 5.41) is 4.28. The van der Waals surface area contributed by atoms with Crippen LogP contribution in [0.15, 0.2) is 42.6 Å². The Hall–Kier alpha value is -2.49. The number of rotatable bonds is 3. The Balaban J connectivity index is 1.85. The molecule has 0 spiro atoms. The number of hydrogen-bond acceptors (Lipinski definition) is 3. The van der Waals surface area contributed by atoms with Gasteiger partial charge in [-0.15, -0.1) is 0 Å². The summed E-state index contributed by atoms with van der Waals surface area (Å²) < 4.78 is 1.84. The summed E-state index contributed by atoms with van der Waals surface area (Å²) in [4.78, 5) is 8.89. The second kappa shape index (κ2) is 5.48. The van der Waals surface area contributed by atoms with Gasteiger partial charge in [-0.05, 0) is 31.0 Å². The van der Waals surface area contributed by atoms with Crippen LogP contribution in [0.5, 0.6) is 0 Å². The normalized spacial score (nSPS) is 10.8. The van der Waals surface area contributed by atoms with E-state index in [-0.39, 0.29) is 0 Å². The van der Waals surface area contributed by atoms with E-state index in [0.717, 1.165) is 29.3 Å². The molecule has 2 aromatic heterocycles. The minimum absolute atomic E-state index is 0.790. The van der Waals surface area contributed by atoms with Gasteiger partial charge in [0.1, 0.15) is 11.6 Å². The van der Waals surface area contributed by atoms with E-state index in [9.17, 15) is 0 Å². The minimum Gasteiger partial charge on any atom is -0.256 e. The highest BCUT2D eigenvalue weighted by atomic mass is 15.3. The average molecular weight is 278 g/mol. The van der Waals surface area contributed by atoms with Crippen LogP contribution in [-0.4, -0.2) is 19.7 Å². The number of aromatic nitrogens is 4. The van der Waals surface area contributed by atoms with E-state index < -0.39 is 0 Å². The first-order valence-electron chi connectivity index (χ1n) is 7.01. The van der Waals surface area contributed by atoms with Crippen LogP contribution in [0, 0.1) is 13.8 Å². The van der Waals surface area contributed by atoms with Gasteiger partial charge in [0.25, 0.3) is 0 Å². The van der Waals surface area contributed by atoms with Gasteiger partial charge >= 0.3 is 0 Å². The molecule has 3 rings (SSSR count). The van der Waals surface area contributed by atoms with Gasteiger partial charge in [-0.25, -0.2) is 4.98 Å². The molecule has 0 aliphatic carbocycles. The maximum atomic E-state index is 4.45. The van der Waals surface area contributed by atoms with Gasteiger partial charge in [-0.1, -0.05) is 30.3 Å². The number of nitrogens with zero attached hydrogens (tertiary/aromatic N) is 4. The van der Waals surface area contributed by atoms with Crippen molar-refractivity contribution in [2.24, 2.45) is 7.05 Å². The Morgan fingerprint density at radius 2 is 1.81 bits per heavy atom. The van der Waals surface area contributed by atoms with Crippen molar-refractivity contribution in [3.8, 4) is 11.3 Å². The van der Waals surface area contributed by atoms with E-state index in [2.05, 4.69) is 52.3 Å². The van der Waals surface area contributed by atoms with Crippen LogP contribution in [0.4, 0.5) is 0 Å². The fourth-order valence-corrected chi connectivity index (χ4v) is 2.46. The van der Waals surface area contributed by atoms with E-state index in [4.69, 9.17) is 0 Å². The predicted molar refractivity (Wildman–Crippen MR) is 83.0 cm³/mol. The van der Waals surface area contributed by atoms with E-state index in [1.165, 1.54) is 11.1 Å². The fourth-order valence-electron chi connectivity index (χ4n) is 2.46. The van der Waals surface area contributed by atoms with E-state index in [1.807, 2.05) is 30.9 Å². The van der Waals surface area contributed by atoms with Crippen molar-refractivity contribution in [2.45, 2.75) is 20.3 Å². The van der Waals surface area contributed by atoms with Gasteiger partial charge in [-0.2, -0.15) is 5.10 Å². The Labute approximate surface area is 124 Å². The molecule has 0 atom stereocenters. The van der Waals surface area contributed by atoms with Crippen molar-refractivity contribution in [3.63, 3.8) is 0 Å². The van der Waals surface area contributed by atoms with Gasteiger partial charge in [0, 0.05) is 25.2 Å². The Kier molecular flexibility index (Phi) is 3.52. The molecule has 0 bridgehead atoms. The van der Waals surface area contributed by atoms with Crippen LogP contribution in [0.2, 0.25) is 0 Å². The molecule has 1 aromatic carbocycles. The third kappa shape index (κ3) is 2.84. The van der Waals surface area contributed by atoms with Gasteiger partial charge in [0.15, 0.2) is 0 Å². The molecule has 0 amide bonds. The third-order valence-electron chi connectivity index (χ3n) is 3.56. The molecule has 4 nitrogen and oxygen atoms in total. The first kappa shape index (κ1) is 13.5. The molecule has 0 aliphatic rings. The summed E-state index contributed by atoms with van der Waals surface area (Å²) in [7, 11) is 1.93. The maximum absolute atomic E-state index is 4.45. The van der Waals surface area contributed by atoms with Crippen LogP contribution >= 0.6 is 0 Å². The SMILES string of the molecule is Cc1nc(Cc2ccc(-c3ncccc3C)cc2)n(C)n1. The molecule has 0 aliphatic heterocycles. The standard InChI is InChI=1S/C17H18N4/c1-12-5-4-10-18-17(12)15-8-6-14(7-9-15)11-16-19-13(2)20-21(16)3/h4-10H,11H2,1-3H3. The third-order valence-corrected chi connectivity index (χ3v) is 3.56.